The highest BCUT2D eigenvalue weighted by Crippen LogP contribution is 2.27. The summed E-state index contributed by atoms with van der Waals surface area (Å²) in [5.41, 5.74) is 2.24. The SMILES string of the molecule is COCCNC(=O)COc1cc(C)ccc1C(C)C. The van der Waals surface area contributed by atoms with Crippen LogP contribution in [0.2, 0.25) is 0 Å². The third kappa shape index (κ3) is 5.30. The Kier molecular flexibility index (Phi) is 6.36. The van der Waals surface area contributed by atoms with E-state index < -0.39 is 0 Å². The van der Waals surface area contributed by atoms with Crippen molar-refractivity contribution in [2.75, 3.05) is 26.9 Å². The van der Waals surface area contributed by atoms with E-state index >= 15 is 0 Å². The molecule has 19 heavy (non-hydrogen) atoms. The van der Waals surface area contributed by atoms with Crippen LogP contribution < -0.4 is 10.1 Å². The van der Waals surface area contributed by atoms with Crippen molar-refractivity contribution < 1.29 is 14.3 Å². The Bertz CT molecular complexity index is 416. The molecule has 0 aliphatic carbocycles. The summed E-state index contributed by atoms with van der Waals surface area (Å²) in [5.74, 6) is 1.03. The van der Waals surface area contributed by atoms with Gasteiger partial charge in [-0.05, 0) is 30.0 Å². The maximum absolute atomic E-state index is 11.6. The van der Waals surface area contributed by atoms with E-state index in [9.17, 15) is 4.79 Å². The number of hydrogen-bond acceptors (Lipinski definition) is 3. The third-order valence-electron chi connectivity index (χ3n) is 2.78. The second kappa shape index (κ2) is 7.79. The number of ether oxygens (including phenoxy) is 2. The predicted octanol–water partition coefficient (Wildman–Crippen LogP) is 2.26. The van der Waals surface area contributed by atoms with Gasteiger partial charge in [-0.1, -0.05) is 26.0 Å². The molecule has 0 heterocycles. The number of rotatable bonds is 7. The number of aryl methyl sites for hydroxylation is 1. The van der Waals surface area contributed by atoms with Gasteiger partial charge in [0.2, 0.25) is 0 Å². The van der Waals surface area contributed by atoms with Gasteiger partial charge in [-0.15, -0.1) is 0 Å². The van der Waals surface area contributed by atoms with Crippen molar-refractivity contribution >= 4 is 5.91 Å². The summed E-state index contributed by atoms with van der Waals surface area (Å²) < 4.78 is 10.5. The fourth-order valence-electron chi connectivity index (χ4n) is 1.73. The Morgan fingerprint density at radius 1 is 1.37 bits per heavy atom. The molecule has 0 bridgehead atoms. The molecule has 0 aliphatic rings. The summed E-state index contributed by atoms with van der Waals surface area (Å²) in [6.45, 7) is 7.27. The lowest BCUT2D eigenvalue weighted by molar-refractivity contribution is -0.123. The number of carbonyl (C=O) groups excluding carboxylic acids is 1. The van der Waals surface area contributed by atoms with Crippen molar-refractivity contribution in [3.63, 3.8) is 0 Å². The van der Waals surface area contributed by atoms with E-state index in [-0.39, 0.29) is 12.5 Å². The van der Waals surface area contributed by atoms with Crippen LogP contribution in [0, 0.1) is 6.92 Å². The molecule has 1 amide bonds. The first-order valence-corrected chi connectivity index (χ1v) is 6.53. The minimum absolute atomic E-state index is 0.0346. The van der Waals surface area contributed by atoms with Crippen molar-refractivity contribution in [2.45, 2.75) is 26.7 Å². The molecule has 1 rings (SSSR count). The van der Waals surface area contributed by atoms with Crippen LogP contribution >= 0.6 is 0 Å². The zero-order chi connectivity index (χ0) is 14.3. The average Bonchev–Trinajstić information content (AvgIpc) is 2.36. The van der Waals surface area contributed by atoms with Crippen molar-refractivity contribution in [3.8, 4) is 5.75 Å². The van der Waals surface area contributed by atoms with Crippen LogP contribution in [0.3, 0.4) is 0 Å². The lowest BCUT2D eigenvalue weighted by atomic mass is 10.0. The number of methoxy groups -OCH3 is 1. The number of hydrogen-bond donors (Lipinski definition) is 1. The Morgan fingerprint density at radius 2 is 2.11 bits per heavy atom. The molecule has 0 spiro atoms. The summed E-state index contributed by atoms with van der Waals surface area (Å²) in [6.07, 6.45) is 0. The molecule has 1 aromatic carbocycles. The van der Waals surface area contributed by atoms with Gasteiger partial charge in [0.05, 0.1) is 6.61 Å². The maximum Gasteiger partial charge on any atom is 0.258 e. The standard InChI is InChI=1S/C15H23NO3/c1-11(2)13-6-5-12(3)9-14(13)19-10-15(17)16-7-8-18-4/h5-6,9,11H,7-8,10H2,1-4H3,(H,16,17). The summed E-state index contributed by atoms with van der Waals surface area (Å²) >= 11 is 0. The molecule has 1 N–H and O–H groups in total. The van der Waals surface area contributed by atoms with Gasteiger partial charge in [0.25, 0.3) is 5.91 Å². The molecule has 1 aromatic rings. The molecule has 0 aliphatic heterocycles. The van der Waals surface area contributed by atoms with Gasteiger partial charge in [0.1, 0.15) is 5.75 Å². The fourth-order valence-corrected chi connectivity index (χ4v) is 1.73. The van der Waals surface area contributed by atoms with E-state index in [0.717, 1.165) is 16.9 Å². The fraction of sp³-hybridized carbons (Fsp3) is 0.533. The molecule has 0 radical (unpaired) electrons. The minimum atomic E-state index is -0.131. The number of carbonyl (C=O) groups is 1. The van der Waals surface area contributed by atoms with Gasteiger partial charge in [-0.2, -0.15) is 0 Å². The molecule has 4 heteroatoms. The molecular formula is C15H23NO3. The van der Waals surface area contributed by atoms with E-state index in [1.165, 1.54) is 0 Å². The van der Waals surface area contributed by atoms with E-state index in [0.29, 0.717) is 19.1 Å². The lowest BCUT2D eigenvalue weighted by Crippen LogP contribution is -2.31. The first-order chi connectivity index (χ1) is 9.04. The van der Waals surface area contributed by atoms with Crippen molar-refractivity contribution in [3.05, 3.63) is 29.3 Å². The molecule has 0 saturated heterocycles. The number of amides is 1. The molecule has 0 atom stereocenters. The summed E-state index contributed by atoms with van der Waals surface area (Å²) in [4.78, 5) is 11.6. The Hall–Kier alpha value is -1.55. The minimum Gasteiger partial charge on any atom is -0.483 e. The Balaban J connectivity index is 2.56. The van der Waals surface area contributed by atoms with Crippen LogP contribution in [0.5, 0.6) is 5.75 Å². The average molecular weight is 265 g/mol. The van der Waals surface area contributed by atoms with Crippen LogP contribution in [0.4, 0.5) is 0 Å². The smallest absolute Gasteiger partial charge is 0.258 e. The molecule has 0 unspecified atom stereocenters. The van der Waals surface area contributed by atoms with Gasteiger partial charge < -0.3 is 14.8 Å². The van der Waals surface area contributed by atoms with Crippen LogP contribution in [0.25, 0.3) is 0 Å². The summed E-state index contributed by atoms with van der Waals surface area (Å²) in [5, 5.41) is 2.73. The first-order valence-electron chi connectivity index (χ1n) is 6.53. The van der Waals surface area contributed by atoms with E-state index in [4.69, 9.17) is 9.47 Å². The van der Waals surface area contributed by atoms with Gasteiger partial charge in [0.15, 0.2) is 6.61 Å². The molecule has 0 aromatic heterocycles. The monoisotopic (exact) mass is 265 g/mol. The molecule has 106 valence electrons. The van der Waals surface area contributed by atoms with Crippen molar-refractivity contribution in [2.24, 2.45) is 0 Å². The molecular weight excluding hydrogens is 242 g/mol. The second-order valence-corrected chi connectivity index (χ2v) is 4.83. The van der Waals surface area contributed by atoms with Gasteiger partial charge >= 0.3 is 0 Å². The summed E-state index contributed by atoms with van der Waals surface area (Å²) in [6, 6.07) is 6.08. The Morgan fingerprint density at radius 3 is 2.74 bits per heavy atom. The van der Waals surface area contributed by atoms with E-state index in [1.54, 1.807) is 7.11 Å². The Labute approximate surface area is 115 Å². The maximum atomic E-state index is 11.6. The summed E-state index contributed by atoms with van der Waals surface area (Å²) in [7, 11) is 1.60. The highest BCUT2D eigenvalue weighted by Gasteiger charge is 2.09. The van der Waals surface area contributed by atoms with Crippen molar-refractivity contribution in [1.82, 2.24) is 5.32 Å². The molecule has 0 fully saturated rings. The zero-order valence-corrected chi connectivity index (χ0v) is 12.2. The van der Waals surface area contributed by atoms with Crippen LogP contribution in [0.1, 0.15) is 30.9 Å². The quantitative estimate of drug-likeness (QED) is 0.769. The highest BCUT2D eigenvalue weighted by molar-refractivity contribution is 5.77. The van der Waals surface area contributed by atoms with Crippen LogP contribution in [-0.2, 0) is 9.53 Å². The van der Waals surface area contributed by atoms with Crippen LogP contribution in [-0.4, -0.2) is 32.8 Å². The number of nitrogens with one attached hydrogen (secondary N) is 1. The molecule has 4 nitrogen and oxygen atoms in total. The normalized spacial score (nSPS) is 10.6. The van der Waals surface area contributed by atoms with E-state index in [1.807, 2.05) is 13.0 Å². The largest absolute Gasteiger partial charge is 0.483 e. The van der Waals surface area contributed by atoms with E-state index in [2.05, 4.69) is 31.3 Å². The van der Waals surface area contributed by atoms with Crippen molar-refractivity contribution in [1.29, 1.82) is 0 Å². The van der Waals surface area contributed by atoms with Gasteiger partial charge in [-0.25, -0.2) is 0 Å². The van der Waals surface area contributed by atoms with Gasteiger partial charge in [-0.3, -0.25) is 4.79 Å². The highest BCUT2D eigenvalue weighted by atomic mass is 16.5. The second-order valence-electron chi connectivity index (χ2n) is 4.83. The number of benzene rings is 1. The topological polar surface area (TPSA) is 47.6 Å². The third-order valence-corrected chi connectivity index (χ3v) is 2.78. The zero-order valence-electron chi connectivity index (χ0n) is 12.2. The first kappa shape index (κ1) is 15.5. The van der Waals surface area contributed by atoms with Gasteiger partial charge in [0, 0.05) is 13.7 Å². The lowest BCUT2D eigenvalue weighted by Gasteiger charge is -2.14. The van der Waals surface area contributed by atoms with Crippen LogP contribution in [0.15, 0.2) is 18.2 Å². The predicted molar refractivity (Wildman–Crippen MR) is 75.6 cm³/mol. The molecule has 0 saturated carbocycles.